The van der Waals surface area contributed by atoms with E-state index in [0.29, 0.717) is 0 Å². The molecule has 0 spiro atoms. The van der Waals surface area contributed by atoms with Crippen LogP contribution >= 0.6 is 0 Å². The van der Waals surface area contributed by atoms with Crippen LogP contribution in [0.4, 0.5) is 0 Å². The van der Waals surface area contributed by atoms with Crippen molar-refractivity contribution in [2.75, 3.05) is 13.1 Å². The van der Waals surface area contributed by atoms with Crippen molar-refractivity contribution in [3.8, 4) is 5.75 Å². The van der Waals surface area contributed by atoms with Gasteiger partial charge in [-0.05, 0) is 56.0 Å². The van der Waals surface area contributed by atoms with E-state index in [1.54, 1.807) is 0 Å². The maximum Gasteiger partial charge on any atom is 0.120 e. The molecule has 1 saturated heterocycles. The standard InChI is InChI=1S/C16H25NO/c1-15(2,3)13-5-7-14(8-6-13)18-16(4)9-11-17-12-10-16/h5-8,17H,9-12H2,1-4H3. The lowest BCUT2D eigenvalue weighted by Gasteiger charge is -2.34. The number of piperidine rings is 1. The molecule has 0 radical (unpaired) electrons. The zero-order valence-corrected chi connectivity index (χ0v) is 12.0. The predicted octanol–water partition coefficient (Wildman–Crippen LogP) is 3.51. The summed E-state index contributed by atoms with van der Waals surface area (Å²) in [5, 5.41) is 3.37. The molecular weight excluding hydrogens is 222 g/mol. The fourth-order valence-electron chi connectivity index (χ4n) is 2.37. The largest absolute Gasteiger partial charge is 0.487 e. The molecule has 0 amide bonds. The molecule has 0 saturated carbocycles. The quantitative estimate of drug-likeness (QED) is 0.863. The Morgan fingerprint density at radius 2 is 1.61 bits per heavy atom. The van der Waals surface area contributed by atoms with Crippen molar-refractivity contribution in [1.82, 2.24) is 5.32 Å². The molecule has 1 fully saturated rings. The van der Waals surface area contributed by atoms with Crippen molar-refractivity contribution in [1.29, 1.82) is 0 Å². The lowest BCUT2D eigenvalue weighted by atomic mass is 9.87. The summed E-state index contributed by atoms with van der Waals surface area (Å²) < 4.78 is 6.17. The molecule has 1 aromatic carbocycles. The molecule has 0 aliphatic carbocycles. The summed E-state index contributed by atoms with van der Waals surface area (Å²) in [6.45, 7) is 11.0. The van der Waals surface area contributed by atoms with E-state index >= 15 is 0 Å². The second-order valence-electron chi connectivity index (χ2n) is 6.58. The number of ether oxygens (including phenoxy) is 1. The first-order valence-electron chi connectivity index (χ1n) is 6.89. The molecule has 2 nitrogen and oxygen atoms in total. The van der Waals surface area contributed by atoms with Gasteiger partial charge in [-0.15, -0.1) is 0 Å². The Kier molecular flexibility index (Phi) is 3.67. The van der Waals surface area contributed by atoms with Crippen LogP contribution in [-0.2, 0) is 5.41 Å². The van der Waals surface area contributed by atoms with Crippen LogP contribution in [0.3, 0.4) is 0 Å². The van der Waals surface area contributed by atoms with Gasteiger partial charge in [0, 0.05) is 0 Å². The van der Waals surface area contributed by atoms with E-state index in [0.717, 1.165) is 31.7 Å². The van der Waals surface area contributed by atoms with Crippen LogP contribution in [0.15, 0.2) is 24.3 Å². The van der Waals surface area contributed by atoms with Gasteiger partial charge < -0.3 is 10.1 Å². The van der Waals surface area contributed by atoms with Crippen LogP contribution in [-0.4, -0.2) is 18.7 Å². The molecule has 0 bridgehead atoms. The Labute approximate surface area is 111 Å². The molecule has 0 atom stereocenters. The van der Waals surface area contributed by atoms with Crippen LogP contribution in [0.1, 0.15) is 46.1 Å². The van der Waals surface area contributed by atoms with Crippen molar-refractivity contribution in [3.05, 3.63) is 29.8 Å². The van der Waals surface area contributed by atoms with Crippen molar-refractivity contribution < 1.29 is 4.74 Å². The Hall–Kier alpha value is -1.02. The first-order valence-corrected chi connectivity index (χ1v) is 6.89. The molecule has 1 aliphatic rings. The zero-order valence-electron chi connectivity index (χ0n) is 12.0. The van der Waals surface area contributed by atoms with Gasteiger partial charge in [-0.2, -0.15) is 0 Å². The average Bonchev–Trinajstić information content (AvgIpc) is 2.29. The van der Waals surface area contributed by atoms with Gasteiger partial charge in [0.05, 0.1) is 0 Å². The minimum absolute atomic E-state index is 0.00546. The Morgan fingerprint density at radius 1 is 1.06 bits per heavy atom. The molecule has 18 heavy (non-hydrogen) atoms. The highest BCUT2D eigenvalue weighted by Crippen LogP contribution is 2.28. The molecule has 1 aliphatic heterocycles. The van der Waals surface area contributed by atoms with Gasteiger partial charge in [-0.3, -0.25) is 0 Å². The number of rotatable bonds is 2. The SMILES string of the molecule is CC1(Oc2ccc(C(C)(C)C)cc2)CCNCC1. The van der Waals surface area contributed by atoms with Gasteiger partial charge in [-0.25, -0.2) is 0 Å². The van der Waals surface area contributed by atoms with Gasteiger partial charge in [0.15, 0.2) is 0 Å². The van der Waals surface area contributed by atoms with Crippen LogP contribution in [0.5, 0.6) is 5.75 Å². The molecule has 2 rings (SSSR count). The third kappa shape index (κ3) is 3.26. The third-order valence-corrected chi connectivity index (χ3v) is 3.75. The second-order valence-corrected chi connectivity index (χ2v) is 6.58. The summed E-state index contributed by atoms with van der Waals surface area (Å²) in [7, 11) is 0. The maximum atomic E-state index is 6.17. The minimum Gasteiger partial charge on any atom is -0.487 e. The normalized spacial score (nSPS) is 19.6. The topological polar surface area (TPSA) is 21.3 Å². The van der Waals surface area contributed by atoms with E-state index in [4.69, 9.17) is 4.74 Å². The van der Waals surface area contributed by atoms with E-state index in [2.05, 4.69) is 57.3 Å². The zero-order chi connectivity index (χ0) is 13.2. The van der Waals surface area contributed by atoms with E-state index in [-0.39, 0.29) is 11.0 Å². The fourth-order valence-corrected chi connectivity index (χ4v) is 2.37. The average molecular weight is 247 g/mol. The third-order valence-electron chi connectivity index (χ3n) is 3.75. The van der Waals surface area contributed by atoms with Gasteiger partial charge in [-0.1, -0.05) is 32.9 Å². The van der Waals surface area contributed by atoms with E-state index in [1.165, 1.54) is 5.56 Å². The van der Waals surface area contributed by atoms with E-state index in [1.807, 2.05) is 0 Å². The van der Waals surface area contributed by atoms with Crippen molar-refractivity contribution in [2.45, 2.75) is 51.6 Å². The predicted molar refractivity (Wildman–Crippen MR) is 76.3 cm³/mol. The molecular formula is C16H25NO. The van der Waals surface area contributed by atoms with Gasteiger partial charge in [0.25, 0.3) is 0 Å². The minimum atomic E-state index is -0.00546. The Balaban J connectivity index is 2.06. The molecule has 1 heterocycles. The summed E-state index contributed by atoms with van der Waals surface area (Å²) in [5.41, 5.74) is 1.55. The maximum absolute atomic E-state index is 6.17. The number of nitrogens with one attached hydrogen (secondary N) is 1. The molecule has 1 N–H and O–H groups in total. The molecule has 1 aromatic rings. The summed E-state index contributed by atoms with van der Waals surface area (Å²) in [4.78, 5) is 0. The van der Waals surface area contributed by atoms with Crippen LogP contribution in [0.25, 0.3) is 0 Å². The fraction of sp³-hybridized carbons (Fsp3) is 0.625. The van der Waals surface area contributed by atoms with Gasteiger partial charge in [0.1, 0.15) is 11.4 Å². The van der Waals surface area contributed by atoms with Gasteiger partial charge >= 0.3 is 0 Å². The Morgan fingerprint density at radius 3 is 2.11 bits per heavy atom. The lowest BCUT2D eigenvalue weighted by Crippen LogP contribution is -2.43. The summed E-state index contributed by atoms with van der Waals surface area (Å²) >= 11 is 0. The smallest absolute Gasteiger partial charge is 0.120 e. The monoisotopic (exact) mass is 247 g/mol. The summed E-state index contributed by atoms with van der Waals surface area (Å²) in [6, 6.07) is 8.57. The van der Waals surface area contributed by atoms with Crippen molar-refractivity contribution in [3.63, 3.8) is 0 Å². The molecule has 100 valence electrons. The van der Waals surface area contributed by atoms with Gasteiger partial charge in [0.2, 0.25) is 0 Å². The van der Waals surface area contributed by atoms with Crippen LogP contribution in [0.2, 0.25) is 0 Å². The van der Waals surface area contributed by atoms with E-state index in [9.17, 15) is 0 Å². The van der Waals surface area contributed by atoms with Crippen LogP contribution < -0.4 is 10.1 Å². The number of hydrogen-bond acceptors (Lipinski definition) is 2. The lowest BCUT2D eigenvalue weighted by molar-refractivity contribution is 0.0556. The van der Waals surface area contributed by atoms with Crippen molar-refractivity contribution >= 4 is 0 Å². The molecule has 2 heteroatoms. The summed E-state index contributed by atoms with van der Waals surface area (Å²) in [6.07, 6.45) is 2.15. The van der Waals surface area contributed by atoms with E-state index < -0.39 is 0 Å². The first-order chi connectivity index (χ1) is 8.39. The molecule has 0 aromatic heterocycles. The highest BCUT2D eigenvalue weighted by molar-refractivity contribution is 5.31. The molecule has 0 unspecified atom stereocenters. The van der Waals surface area contributed by atoms with Crippen molar-refractivity contribution in [2.24, 2.45) is 0 Å². The number of hydrogen-bond donors (Lipinski definition) is 1. The highest BCUT2D eigenvalue weighted by atomic mass is 16.5. The summed E-state index contributed by atoms with van der Waals surface area (Å²) in [5.74, 6) is 0.993. The van der Waals surface area contributed by atoms with Crippen LogP contribution in [0, 0.1) is 0 Å². The Bertz CT molecular complexity index is 383. The first kappa shape index (κ1) is 13.4. The second kappa shape index (κ2) is 4.93. The highest BCUT2D eigenvalue weighted by Gasteiger charge is 2.28. The number of benzene rings is 1.